The van der Waals surface area contributed by atoms with Crippen molar-refractivity contribution in [3.05, 3.63) is 42.0 Å². The van der Waals surface area contributed by atoms with Crippen LogP contribution in [0.25, 0.3) is 0 Å². The molecular formula is C19H28N4O3S. The fourth-order valence-corrected chi connectivity index (χ4v) is 4.96. The molecule has 0 radical (unpaired) electrons. The van der Waals surface area contributed by atoms with E-state index in [1.807, 2.05) is 25.2 Å². The van der Waals surface area contributed by atoms with Crippen molar-refractivity contribution >= 4 is 9.84 Å². The normalized spacial score (nSPS) is 16.0. The molecule has 0 saturated heterocycles. The second kappa shape index (κ2) is 8.50. The zero-order chi connectivity index (χ0) is 19.4. The van der Waals surface area contributed by atoms with Gasteiger partial charge in [-0.2, -0.15) is 0 Å². The van der Waals surface area contributed by atoms with Crippen LogP contribution in [-0.4, -0.2) is 54.4 Å². The molecule has 7 nitrogen and oxygen atoms in total. The van der Waals surface area contributed by atoms with Crippen molar-refractivity contribution in [1.82, 2.24) is 19.4 Å². The number of hydrogen-bond donors (Lipinski definition) is 0. The highest BCUT2D eigenvalue weighted by molar-refractivity contribution is 7.91. The maximum absolute atomic E-state index is 12.8. The van der Waals surface area contributed by atoms with E-state index in [0.29, 0.717) is 19.7 Å². The first-order valence-corrected chi connectivity index (χ1v) is 10.9. The van der Waals surface area contributed by atoms with Gasteiger partial charge in [0.2, 0.25) is 15.0 Å². The predicted molar refractivity (Wildman–Crippen MR) is 103 cm³/mol. The van der Waals surface area contributed by atoms with Gasteiger partial charge in [0.05, 0.1) is 29.9 Å². The van der Waals surface area contributed by atoms with E-state index in [0.717, 1.165) is 24.2 Å². The predicted octanol–water partition coefficient (Wildman–Crippen LogP) is 2.30. The van der Waals surface area contributed by atoms with Crippen LogP contribution in [0.2, 0.25) is 0 Å². The molecule has 1 fully saturated rings. The van der Waals surface area contributed by atoms with Gasteiger partial charge in [-0.25, -0.2) is 13.4 Å². The minimum Gasteiger partial charge on any atom is -0.383 e. The number of methoxy groups -OCH3 is 1. The Labute approximate surface area is 161 Å². The van der Waals surface area contributed by atoms with Gasteiger partial charge in [-0.05, 0) is 44.9 Å². The van der Waals surface area contributed by atoms with Gasteiger partial charge in [0, 0.05) is 32.4 Å². The SMILES string of the molecule is COCCn1c(CN(C)[C@H](C)c2ccccn2)cnc1S(=O)(=O)CC1CC1. The molecule has 0 aromatic carbocycles. The van der Waals surface area contributed by atoms with Crippen LogP contribution in [0, 0.1) is 5.92 Å². The first-order valence-electron chi connectivity index (χ1n) is 9.29. The first-order chi connectivity index (χ1) is 12.9. The summed E-state index contributed by atoms with van der Waals surface area (Å²) >= 11 is 0. The van der Waals surface area contributed by atoms with E-state index in [2.05, 4.69) is 21.8 Å². The Balaban J connectivity index is 1.81. The second-order valence-corrected chi connectivity index (χ2v) is 9.18. The van der Waals surface area contributed by atoms with Gasteiger partial charge >= 0.3 is 0 Å². The third-order valence-electron chi connectivity index (χ3n) is 5.04. The van der Waals surface area contributed by atoms with E-state index in [4.69, 9.17) is 4.74 Å². The Bertz CT molecular complexity index is 847. The van der Waals surface area contributed by atoms with Crippen molar-refractivity contribution in [3.63, 3.8) is 0 Å². The molecule has 0 spiro atoms. The van der Waals surface area contributed by atoms with Crippen molar-refractivity contribution in [3.8, 4) is 0 Å². The summed E-state index contributed by atoms with van der Waals surface area (Å²) in [6.07, 6.45) is 5.45. The summed E-state index contributed by atoms with van der Waals surface area (Å²) in [6, 6.07) is 5.96. The molecule has 0 unspecified atom stereocenters. The summed E-state index contributed by atoms with van der Waals surface area (Å²) in [5, 5.41) is 0.167. The van der Waals surface area contributed by atoms with E-state index >= 15 is 0 Å². The molecular weight excluding hydrogens is 364 g/mol. The molecule has 2 aromatic heterocycles. The average Bonchev–Trinajstić information content (AvgIpc) is 3.37. The van der Waals surface area contributed by atoms with Crippen LogP contribution in [0.15, 0.2) is 35.7 Å². The molecule has 1 aliphatic rings. The number of aromatic nitrogens is 3. The van der Waals surface area contributed by atoms with E-state index in [9.17, 15) is 8.42 Å². The molecule has 3 rings (SSSR count). The van der Waals surface area contributed by atoms with Gasteiger partial charge < -0.3 is 9.30 Å². The third-order valence-corrected chi connectivity index (χ3v) is 6.83. The molecule has 1 atom stereocenters. The second-order valence-electron chi connectivity index (χ2n) is 7.25. The molecule has 0 bridgehead atoms. The third kappa shape index (κ3) is 4.94. The molecule has 0 amide bonds. The molecule has 0 N–H and O–H groups in total. The van der Waals surface area contributed by atoms with Gasteiger partial charge in [-0.1, -0.05) is 6.07 Å². The summed E-state index contributed by atoms with van der Waals surface area (Å²) in [6.45, 7) is 3.57. The smallest absolute Gasteiger partial charge is 0.227 e. The van der Waals surface area contributed by atoms with Gasteiger partial charge in [0.1, 0.15) is 0 Å². The summed E-state index contributed by atoms with van der Waals surface area (Å²) in [5.41, 5.74) is 1.84. The van der Waals surface area contributed by atoms with Gasteiger partial charge in [-0.3, -0.25) is 9.88 Å². The van der Waals surface area contributed by atoms with Crippen LogP contribution in [0.1, 0.15) is 37.2 Å². The molecule has 27 heavy (non-hydrogen) atoms. The monoisotopic (exact) mass is 392 g/mol. The Kier molecular flexibility index (Phi) is 6.29. The standard InChI is InChI=1S/C19H28N4O3S/c1-15(18-6-4-5-9-20-18)22(2)13-17-12-21-19(23(17)10-11-26-3)27(24,25)14-16-7-8-16/h4-6,9,12,15-16H,7-8,10-11,13-14H2,1-3H3/t15-/m1/s1. The Hall–Kier alpha value is -1.77. The van der Waals surface area contributed by atoms with Gasteiger partial charge in [-0.15, -0.1) is 0 Å². The summed E-state index contributed by atoms with van der Waals surface area (Å²) in [7, 11) is 0.241. The van der Waals surface area contributed by atoms with Crippen molar-refractivity contribution in [2.45, 2.75) is 44.1 Å². The maximum atomic E-state index is 12.8. The highest BCUT2D eigenvalue weighted by Gasteiger charge is 2.32. The lowest BCUT2D eigenvalue weighted by molar-refractivity contribution is 0.180. The van der Waals surface area contributed by atoms with Crippen LogP contribution < -0.4 is 0 Å². The number of nitrogens with zero attached hydrogens (tertiary/aromatic N) is 4. The van der Waals surface area contributed by atoms with Crippen LogP contribution >= 0.6 is 0 Å². The number of sulfone groups is 1. The fraction of sp³-hybridized carbons (Fsp3) is 0.579. The van der Waals surface area contributed by atoms with Gasteiger partial charge in [0.15, 0.2) is 0 Å². The average molecular weight is 393 g/mol. The lowest BCUT2D eigenvalue weighted by Crippen LogP contribution is -2.25. The van der Waals surface area contributed by atoms with Crippen LogP contribution in [0.3, 0.4) is 0 Å². The fourth-order valence-electron chi connectivity index (χ4n) is 3.10. The van der Waals surface area contributed by atoms with Crippen LogP contribution in [0.5, 0.6) is 0 Å². The number of imidazole rings is 1. The lowest BCUT2D eigenvalue weighted by atomic mass is 10.2. The van der Waals surface area contributed by atoms with Crippen molar-refractivity contribution in [2.24, 2.45) is 5.92 Å². The van der Waals surface area contributed by atoms with Crippen molar-refractivity contribution in [2.75, 3.05) is 26.5 Å². The summed E-state index contributed by atoms with van der Waals surface area (Å²) in [5.74, 6) is 0.481. The van der Waals surface area contributed by atoms with Crippen LogP contribution in [-0.2, 0) is 27.7 Å². The maximum Gasteiger partial charge on any atom is 0.227 e. The molecule has 148 valence electrons. The quantitative estimate of drug-likeness (QED) is 0.617. The summed E-state index contributed by atoms with van der Waals surface area (Å²) < 4.78 is 32.5. The van der Waals surface area contributed by atoms with E-state index < -0.39 is 9.84 Å². The molecule has 8 heteroatoms. The van der Waals surface area contributed by atoms with E-state index in [1.165, 1.54) is 0 Å². The Morgan fingerprint density at radius 1 is 1.33 bits per heavy atom. The molecule has 0 aliphatic heterocycles. The Morgan fingerprint density at radius 2 is 2.11 bits per heavy atom. The molecule has 2 aromatic rings. The van der Waals surface area contributed by atoms with E-state index in [-0.39, 0.29) is 22.9 Å². The van der Waals surface area contributed by atoms with E-state index in [1.54, 1.807) is 24.1 Å². The minimum atomic E-state index is -3.38. The number of pyridine rings is 1. The largest absolute Gasteiger partial charge is 0.383 e. The minimum absolute atomic E-state index is 0.100. The van der Waals surface area contributed by atoms with Crippen LogP contribution in [0.4, 0.5) is 0 Å². The summed E-state index contributed by atoms with van der Waals surface area (Å²) in [4.78, 5) is 10.8. The topological polar surface area (TPSA) is 77.3 Å². The van der Waals surface area contributed by atoms with Crippen molar-refractivity contribution in [1.29, 1.82) is 0 Å². The number of ether oxygens (including phenoxy) is 1. The van der Waals surface area contributed by atoms with Crippen molar-refractivity contribution < 1.29 is 13.2 Å². The number of hydrogen-bond acceptors (Lipinski definition) is 6. The highest BCUT2D eigenvalue weighted by Crippen LogP contribution is 2.32. The molecule has 1 aliphatic carbocycles. The lowest BCUT2D eigenvalue weighted by Gasteiger charge is -2.24. The molecule has 1 saturated carbocycles. The zero-order valence-electron chi connectivity index (χ0n) is 16.2. The Morgan fingerprint density at radius 3 is 2.74 bits per heavy atom. The van der Waals surface area contributed by atoms with Gasteiger partial charge in [0.25, 0.3) is 0 Å². The highest BCUT2D eigenvalue weighted by atomic mass is 32.2. The number of rotatable bonds is 10. The zero-order valence-corrected chi connectivity index (χ0v) is 17.0. The first kappa shape index (κ1) is 20.0. The molecule has 2 heterocycles.